The molecule has 2 aromatic rings. The van der Waals surface area contributed by atoms with Crippen LogP contribution in [0.2, 0.25) is 5.02 Å². The lowest BCUT2D eigenvalue weighted by atomic mass is 10.2. The minimum Gasteiger partial charge on any atom is -0.496 e. The second kappa shape index (κ2) is 8.70. The van der Waals surface area contributed by atoms with Crippen LogP contribution in [0.25, 0.3) is 0 Å². The molecule has 0 spiro atoms. The standard InChI is InChI=1S/C17H16BrClN2O3/c1-11(24-15-5-3-4-14(19)9-15)17(22)21-20-10-12-8-13(18)6-7-16(12)23-2/h3-11H,1-2H3,(H,21,22)/b20-10+. The van der Waals surface area contributed by atoms with E-state index in [1.807, 2.05) is 12.1 Å². The summed E-state index contributed by atoms with van der Waals surface area (Å²) in [5, 5.41) is 4.48. The monoisotopic (exact) mass is 410 g/mol. The highest BCUT2D eigenvalue weighted by Gasteiger charge is 2.14. The van der Waals surface area contributed by atoms with Crippen LogP contribution in [0.4, 0.5) is 0 Å². The summed E-state index contributed by atoms with van der Waals surface area (Å²) in [7, 11) is 1.57. The van der Waals surface area contributed by atoms with Crippen molar-refractivity contribution in [1.29, 1.82) is 0 Å². The van der Waals surface area contributed by atoms with E-state index in [-0.39, 0.29) is 5.91 Å². The Morgan fingerprint density at radius 1 is 1.33 bits per heavy atom. The van der Waals surface area contributed by atoms with Crippen molar-refractivity contribution in [2.45, 2.75) is 13.0 Å². The van der Waals surface area contributed by atoms with Gasteiger partial charge in [-0.15, -0.1) is 0 Å². The maximum Gasteiger partial charge on any atom is 0.280 e. The Hall–Kier alpha value is -2.05. The van der Waals surface area contributed by atoms with Gasteiger partial charge in [0.2, 0.25) is 0 Å². The van der Waals surface area contributed by atoms with Gasteiger partial charge in [-0.2, -0.15) is 5.10 Å². The van der Waals surface area contributed by atoms with Crippen molar-refractivity contribution in [3.05, 3.63) is 57.5 Å². The van der Waals surface area contributed by atoms with Crippen LogP contribution in [0.1, 0.15) is 12.5 Å². The highest BCUT2D eigenvalue weighted by atomic mass is 79.9. The van der Waals surface area contributed by atoms with Gasteiger partial charge in [0.25, 0.3) is 5.91 Å². The van der Waals surface area contributed by atoms with Gasteiger partial charge in [0.05, 0.1) is 13.3 Å². The van der Waals surface area contributed by atoms with E-state index < -0.39 is 6.10 Å². The second-order valence-electron chi connectivity index (χ2n) is 4.84. The van der Waals surface area contributed by atoms with Crippen molar-refractivity contribution >= 4 is 39.7 Å². The molecule has 1 atom stereocenters. The van der Waals surface area contributed by atoms with Crippen molar-refractivity contribution in [3.8, 4) is 11.5 Å². The molecule has 1 N–H and O–H groups in total. The Balaban J connectivity index is 1.96. The number of methoxy groups -OCH3 is 1. The third-order valence-corrected chi connectivity index (χ3v) is 3.78. The molecule has 0 aliphatic rings. The smallest absolute Gasteiger partial charge is 0.280 e. The van der Waals surface area contributed by atoms with Crippen molar-refractivity contribution in [2.24, 2.45) is 5.10 Å². The van der Waals surface area contributed by atoms with Crippen LogP contribution in [0, 0.1) is 0 Å². The molecule has 0 aliphatic carbocycles. The van der Waals surface area contributed by atoms with E-state index in [0.717, 1.165) is 10.0 Å². The summed E-state index contributed by atoms with van der Waals surface area (Å²) in [4.78, 5) is 12.0. The zero-order chi connectivity index (χ0) is 17.5. The fraction of sp³-hybridized carbons (Fsp3) is 0.176. The van der Waals surface area contributed by atoms with Crippen LogP contribution in [-0.4, -0.2) is 25.3 Å². The first-order chi connectivity index (χ1) is 11.5. The topological polar surface area (TPSA) is 59.9 Å². The van der Waals surface area contributed by atoms with E-state index in [2.05, 4.69) is 26.5 Å². The zero-order valence-corrected chi connectivity index (χ0v) is 15.5. The van der Waals surface area contributed by atoms with E-state index in [0.29, 0.717) is 16.5 Å². The molecule has 0 fully saturated rings. The number of carbonyl (C=O) groups excluding carboxylic acids is 1. The van der Waals surface area contributed by atoms with Crippen molar-refractivity contribution in [1.82, 2.24) is 5.43 Å². The van der Waals surface area contributed by atoms with Crippen LogP contribution >= 0.6 is 27.5 Å². The van der Waals surface area contributed by atoms with Gasteiger partial charge >= 0.3 is 0 Å². The normalized spacial score (nSPS) is 12.0. The second-order valence-corrected chi connectivity index (χ2v) is 6.19. The summed E-state index contributed by atoms with van der Waals surface area (Å²) in [5.74, 6) is 0.794. The highest BCUT2D eigenvalue weighted by molar-refractivity contribution is 9.10. The Morgan fingerprint density at radius 3 is 2.83 bits per heavy atom. The molecule has 126 valence electrons. The maximum atomic E-state index is 12.0. The lowest BCUT2D eigenvalue weighted by Gasteiger charge is -2.13. The van der Waals surface area contributed by atoms with Crippen LogP contribution in [0.15, 0.2) is 52.0 Å². The van der Waals surface area contributed by atoms with Crippen molar-refractivity contribution in [3.63, 3.8) is 0 Å². The van der Waals surface area contributed by atoms with Gasteiger partial charge < -0.3 is 9.47 Å². The number of nitrogens with one attached hydrogen (secondary N) is 1. The molecule has 7 heteroatoms. The first kappa shape index (κ1) is 18.3. The van der Waals surface area contributed by atoms with Gasteiger partial charge in [0, 0.05) is 15.1 Å². The van der Waals surface area contributed by atoms with Crippen LogP contribution < -0.4 is 14.9 Å². The minimum absolute atomic E-state index is 0.375. The number of halogens is 2. The molecule has 2 rings (SSSR count). The van der Waals surface area contributed by atoms with E-state index in [1.54, 1.807) is 44.4 Å². The molecule has 0 heterocycles. The fourth-order valence-corrected chi connectivity index (χ4v) is 2.42. The quantitative estimate of drug-likeness (QED) is 0.577. The average molecular weight is 412 g/mol. The van der Waals surface area contributed by atoms with Crippen molar-refractivity contribution in [2.75, 3.05) is 7.11 Å². The van der Waals surface area contributed by atoms with Crippen LogP contribution in [0.5, 0.6) is 11.5 Å². The third kappa shape index (κ3) is 5.25. The SMILES string of the molecule is COc1ccc(Br)cc1/C=N/NC(=O)C(C)Oc1cccc(Cl)c1. The molecule has 0 saturated carbocycles. The number of amides is 1. The van der Waals surface area contributed by atoms with Gasteiger partial charge in [-0.25, -0.2) is 5.43 Å². The molecule has 0 aliphatic heterocycles. The fourth-order valence-electron chi connectivity index (χ4n) is 1.86. The summed E-state index contributed by atoms with van der Waals surface area (Å²) in [6.07, 6.45) is 0.790. The lowest BCUT2D eigenvalue weighted by Crippen LogP contribution is -2.33. The number of carbonyl (C=O) groups is 1. The molecule has 1 unspecified atom stereocenters. The molecule has 24 heavy (non-hydrogen) atoms. The molecular weight excluding hydrogens is 396 g/mol. The summed E-state index contributed by atoms with van der Waals surface area (Å²) in [6.45, 7) is 1.63. The van der Waals surface area contributed by atoms with Crippen LogP contribution in [0.3, 0.4) is 0 Å². The average Bonchev–Trinajstić information content (AvgIpc) is 2.55. The molecule has 0 bridgehead atoms. The first-order valence-corrected chi connectivity index (χ1v) is 8.25. The predicted molar refractivity (Wildman–Crippen MR) is 98.0 cm³/mol. The van der Waals surface area contributed by atoms with Crippen molar-refractivity contribution < 1.29 is 14.3 Å². The van der Waals surface area contributed by atoms with E-state index in [9.17, 15) is 4.79 Å². The highest BCUT2D eigenvalue weighted by Crippen LogP contribution is 2.21. The molecule has 0 radical (unpaired) electrons. The van der Waals surface area contributed by atoms with Crippen LogP contribution in [-0.2, 0) is 4.79 Å². The largest absolute Gasteiger partial charge is 0.496 e. The molecular formula is C17H16BrClN2O3. The van der Waals surface area contributed by atoms with E-state index in [1.165, 1.54) is 6.21 Å². The first-order valence-electron chi connectivity index (χ1n) is 7.08. The summed E-state index contributed by atoms with van der Waals surface area (Å²) >= 11 is 9.26. The number of ether oxygens (including phenoxy) is 2. The Bertz CT molecular complexity index is 752. The van der Waals surface area contributed by atoms with Gasteiger partial charge in [-0.1, -0.05) is 33.6 Å². The number of benzene rings is 2. The van der Waals surface area contributed by atoms with Gasteiger partial charge in [-0.3, -0.25) is 4.79 Å². The van der Waals surface area contributed by atoms with Gasteiger partial charge in [0.1, 0.15) is 11.5 Å². The van der Waals surface area contributed by atoms with Gasteiger partial charge in [0.15, 0.2) is 6.10 Å². The third-order valence-electron chi connectivity index (χ3n) is 3.05. The summed E-state index contributed by atoms with van der Waals surface area (Å²) in [5.41, 5.74) is 3.17. The molecule has 5 nitrogen and oxygen atoms in total. The minimum atomic E-state index is -0.718. The van der Waals surface area contributed by atoms with Gasteiger partial charge in [-0.05, 0) is 43.3 Å². The van der Waals surface area contributed by atoms with E-state index >= 15 is 0 Å². The molecule has 2 aromatic carbocycles. The molecule has 0 saturated heterocycles. The molecule has 0 aromatic heterocycles. The predicted octanol–water partition coefficient (Wildman–Crippen LogP) is 4.03. The Kier molecular flexibility index (Phi) is 6.63. The number of nitrogens with zero attached hydrogens (tertiary/aromatic N) is 1. The number of rotatable bonds is 6. The lowest BCUT2D eigenvalue weighted by molar-refractivity contribution is -0.127. The zero-order valence-electron chi connectivity index (χ0n) is 13.1. The molecule has 1 amide bonds. The number of hydrazone groups is 1. The number of hydrogen-bond acceptors (Lipinski definition) is 4. The summed E-state index contributed by atoms with van der Waals surface area (Å²) < 4.78 is 11.6. The number of hydrogen-bond donors (Lipinski definition) is 1. The Morgan fingerprint density at radius 2 is 2.12 bits per heavy atom. The summed E-state index contributed by atoms with van der Waals surface area (Å²) in [6, 6.07) is 12.3. The maximum absolute atomic E-state index is 12.0. The Labute approximate surface area is 153 Å². The van der Waals surface area contributed by atoms with E-state index in [4.69, 9.17) is 21.1 Å².